The first-order chi connectivity index (χ1) is 7.81. The van der Waals surface area contributed by atoms with Gasteiger partial charge < -0.3 is 10.6 Å². The molecule has 1 atom stereocenters. The van der Waals surface area contributed by atoms with Crippen LogP contribution in [0.2, 0.25) is 0 Å². The number of carbonyl (C=O) groups is 1. The van der Waals surface area contributed by atoms with E-state index in [4.69, 9.17) is 5.73 Å². The molecule has 1 saturated heterocycles. The highest BCUT2D eigenvalue weighted by Gasteiger charge is 2.24. The molecular weight excluding hydrogens is 256 g/mol. The standard InChI is InChI=1S/C12H18N2OS.ClH/c13-6-5-10-3-1-7-14(9-10)12(15)11-4-2-8-16-11;/h2,4,8,10H,1,3,5-7,9,13H2;1H. The maximum Gasteiger partial charge on any atom is 0.263 e. The Kier molecular flexibility index (Phi) is 5.95. The summed E-state index contributed by atoms with van der Waals surface area (Å²) in [7, 11) is 0. The number of nitrogens with two attached hydrogens (primary N) is 1. The van der Waals surface area contributed by atoms with Crippen LogP contribution in [0.5, 0.6) is 0 Å². The average molecular weight is 275 g/mol. The van der Waals surface area contributed by atoms with Crippen molar-refractivity contribution in [2.45, 2.75) is 19.3 Å². The van der Waals surface area contributed by atoms with Gasteiger partial charge in [0.15, 0.2) is 0 Å². The van der Waals surface area contributed by atoms with Crippen molar-refractivity contribution < 1.29 is 4.79 Å². The molecule has 2 heterocycles. The summed E-state index contributed by atoms with van der Waals surface area (Å²) in [4.78, 5) is 15.0. The number of likely N-dealkylation sites (tertiary alicyclic amines) is 1. The van der Waals surface area contributed by atoms with Crippen molar-refractivity contribution in [3.63, 3.8) is 0 Å². The number of thiophene rings is 1. The number of piperidine rings is 1. The number of nitrogens with zero attached hydrogens (tertiary/aromatic N) is 1. The summed E-state index contributed by atoms with van der Waals surface area (Å²) in [5.41, 5.74) is 5.57. The minimum Gasteiger partial charge on any atom is -0.338 e. The van der Waals surface area contributed by atoms with Crippen LogP contribution in [0.1, 0.15) is 28.9 Å². The fourth-order valence-electron chi connectivity index (χ4n) is 2.28. The smallest absolute Gasteiger partial charge is 0.263 e. The van der Waals surface area contributed by atoms with Gasteiger partial charge in [-0.15, -0.1) is 23.7 Å². The van der Waals surface area contributed by atoms with E-state index in [2.05, 4.69) is 0 Å². The molecule has 1 unspecified atom stereocenters. The number of rotatable bonds is 3. The third-order valence-corrected chi connectivity index (χ3v) is 3.97. The van der Waals surface area contributed by atoms with Gasteiger partial charge in [0.05, 0.1) is 4.88 Å². The summed E-state index contributed by atoms with van der Waals surface area (Å²) in [6.07, 6.45) is 3.36. The Labute approximate surface area is 112 Å². The largest absolute Gasteiger partial charge is 0.338 e. The van der Waals surface area contributed by atoms with Gasteiger partial charge >= 0.3 is 0 Å². The maximum absolute atomic E-state index is 12.1. The van der Waals surface area contributed by atoms with Crippen LogP contribution in [-0.2, 0) is 0 Å². The lowest BCUT2D eigenvalue weighted by molar-refractivity contribution is 0.0674. The molecule has 1 aliphatic rings. The van der Waals surface area contributed by atoms with E-state index in [-0.39, 0.29) is 18.3 Å². The quantitative estimate of drug-likeness (QED) is 0.920. The average Bonchev–Trinajstić information content (AvgIpc) is 2.82. The molecule has 5 heteroatoms. The number of carbonyl (C=O) groups excluding carboxylic acids is 1. The predicted octanol–water partition coefficient (Wildman–Crippen LogP) is 2.37. The Balaban J connectivity index is 0.00000144. The zero-order valence-corrected chi connectivity index (χ0v) is 11.4. The molecule has 3 nitrogen and oxygen atoms in total. The summed E-state index contributed by atoms with van der Waals surface area (Å²) < 4.78 is 0. The van der Waals surface area contributed by atoms with Crippen molar-refractivity contribution in [1.29, 1.82) is 0 Å². The summed E-state index contributed by atoms with van der Waals surface area (Å²) in [5.74, 6) is 0.791. The van der Waals surface area contributed by atoms with Gasteiger partial charge in [0.2, 0.25) is 0 Å². The molecule has 0 bridgehead atoms. The van der Waals surface area contributed by atoms with Crippen LogP contribution in [-0.4, -0.2) is 30.4 Å². The molecule has 1 fully saturated rings. The van der Waals surface area contributed by atoms with Gasteiger partial charge in [-0.2, -0.15) is 0 Å². The van der Waals surface area contributed by atoms with Crippen molar-refractivity contribution >= 4 is 29.7 Å². The van der Waals surface area contributed by atoms with E-state index >= 15 is 0 Å². The summed E-state index contributed by atoms with van der Waals surface area (Å²) in [6, 6.07) is 3.83. The molecule has 1 amide bonds. The second-order valence-corrected chi connectivity index (χ2v) is 5.26. The van der Waals surface area contributed by atoms with E-state index in [1.165, 1.54) is 17.8 Å². The van der Waals surface area contributed by atoms with Gasteiger partial charge in [-0.3, -0.25) is 4.79 Å². The highest BCUT2D eigenvalue weighted by Crippen LogP contribution is 2.22. The Morgan fingerprint density at radius 2 is 2.41 bits per heavy atom. The lowest BCUT2D eigenvalue weighted by Crippen LogP contribution is -2.40. The molecule has 0 spiro atoms. The molecule has 0 aliphatic carbocycles. The molecule has 2 rings (SSSR count). The first kappa shape index (κ1) is 14.5. The van der Waals surface area contributed by atoms with Crippen LogP contribution in [0, 0.1) is 5.92 Å². The van der Waals surface area contributed by atoms with Crippen molar-refractivity contribution in [3.8, 4) is 0 Å². The fourth-order valence-corrected chi connectivity index (χ4v) is 2.97. The monoisotopic (exact) mass is 274 g/mol. The van der Waals surface area contributed by atoms with Crippen molar-refractivity contribution in [2.24, 2.45) is 11.7 Å². The highest BCUT2D eigenvalue weighted by molar-refractivity contribution is 7.12. The molecule has 96 valence electrons. The fraction of sp³-hybridized carbons (Fsp3) is 0.583. The molecule has 0 radical (unpaired) electrons. The Morgan fingerprint density at radius 1 is 1.59 bits per heavy atom. The molecule has 0 saturated carbocycles. The van der Waals surface area contributed by atoms with Crippen molar-refractivity contribution in [2.75, 3.05) is 19.6 Å². The van der Waals surface area contributed by atoms with E-state index in [0.29, 0.717) is 5.92 Å². The third-order valence-electron chi connectivity index (χ3n) is 3.11. The summed E-state index contributed by atoms with van der Waals surface area (Å²) in [6.45, 7) is 2.51. The SMILES string of the molecule is Cl.NCCC1CCCN(C(=O)c2cccs2)C1. The normalized spacial score (nSPS) is 19.8. The van der Waals surface area contributed by atoms with Gasteiger partial charge in [-0.05, 0) is 43.2 Å². The molecule has 0 aromatic carbocycles. The van der Waals surface area contributed by atoms with E-state index in [0.717, 1.165) is 37.4 Å². The lowest BCUT2D eigenvalue weighted by atomic mass is 9.95. The van der Waals surface area contributed by atoms with Gasteiger partial charge in [0.1, 0.15) is 0 Å². The Morgan fingerprint density at radius 3 is 3.06 bits per heavy atom. The van der Waals surface area contributed by atoms with Gasteiger partial charge in [-0.25, -0.2) is 0 Å². The predicted molar refractivity (Wildman–Crippen MR) is 73.9 cm³/mol. The summed E-state index contributed by atoms with van der Waals surface area (Å²) in [5, 5.41) is 1.95. The molecule has 1 aromatic heterocycles. The van der Waals surface area contributed by atoms with Crippen LogP contribution in [0.25, 0.3) is 0 Å². The van der Waals surface area contributed by atoms with E-state index in [1.807, 2.05) is 22.4 Å². The first-order valence-electron chi connectivity index (χ1n) is 5.84. The minimum absolute atomic E-state index is 0. The maximum atomic E-state index is 12.1. The molecule has 2 N–H and O–H groups in total. The van der Waals surface area contributed by atoms with Crippen LogP contribution in [0.15, 0.2) is 17.5 Å². The lowest BCUT2D eigenvalue weighted by Gasteiger charge is -2.32. The second kappa shape index (κ2) is 6.99. The van der Waals surface area contributed by atoms with Gasteiger partial charge in [0.25, 0.3) is 5.91 Å². The van der Waals surface area contributed by atoms with Crippen LogP contribution < -0.4 is 5.73 Å². The molecular formula is C12H19ClN2OS. The first-order valence-corrected chi connectivity index (χ1v) is 6.72. The van der Waals surface area contributed by atoms with Gasteiger partial charge in [-0.1, -0.05) is 6.07 Å². The van der Waals surface area contributed by atoms with Crippen molar-refractivity contribution in [3.05, 3.63) is 22.4 Å². The summed E-state index contributed by atoms with van der Waals surface area (Å²) >= 11 is 1.52. The molecule has 17 heavy (non-hydrogen) atoms. The number of amides is 1. The number of halogens is 1. The van der Waals surface area contributed by atoms with E-state index < -0.39 is 0 Å². The number of hydrogen-bond donors (Lipinski definition) is 1. The topological polar surface area (TPSA) is 46.3 Å². The molecule has 1 aliphatic heterocycles. The third kappa shape index (κ3) is 3.69. The van der Waals surface area contributed by atoms with Gasteiger partial charge in [0, 0.05) is 13.1 Å². The number of hydrogen-bond acceptors (Lipinski definition) is 3. The van der Waals surface area contributed by atoms with Crippen LogP contribution in [0.4, 0.5) is 0 Å². The Hall–Kier alpha value is -0.580. The highest BCUT2D eigenvalue weighted by atomic mass is 35.5. The zero-order valence-electron chi connectivity index (χ0n) is 9.80. The van der Waals surface area contributed by atoms with Crippen LogP contribution >= 0.6 is 23.7 Å². The van der Waals surface area contributed by atoms with Crippen molar-refractivity contribution in [1.82, 2.24) is 4.90 Å². The zero-order chi connectivity index (χ0) is 11.4. The van der Waals surface area contributed by atoms with E-state index in [1.54, 1.807) is 0 Å². The molecule has 1 aromatic rings. The van der Waals surface area contributed by atoms with Crippen LogP contribution in [0.3, 0.4) is 0 Å². The minimum atomic E-state index is 0. The van der Waals surface area contributed by atoms with E-state index in [9.17, 15) is 4.79 Å². The Bertz CT molecular complexity index is 340. The second-order valence-electron chi connectivity index (χ2n) is 4.31.